The smallest absolute Gasteiger partial charge is 0.490 e. The van der Waals surface area contributed by atoms with Crippen LogP contribution >= 0.6 is 0 Å². The van der Waals surface area contributed by atoms with Crippen LogP contribution in [0.4, 0.5) is 13.2 Å². The molecule has 0 unspecified atom stereocenters. The molecule has 0 spiro atoms. The molecule has 1 aromatic carbocycles. The van der Waals surface area contributed by atoms with Crippen molar-refractivity contribution in [2.45, 2.75) is 45.0 Å². The highest BCUT2D eigenvalue weighted by atomic mass is 19.4. The lowest BCUT2D eigenvalue weighted by Crippen LogP contribution is -2.34. The molecule has 33 heavy (non-hydrogen) atoms. The normalized spacial score (nSPS) is 14.1. The van der Waals surface area contributed by atoms with Crippen molar-refractivity contribution in [3.63, 3.8) is 0 Å². The summed E-state index contributed by atoms with van der Waals surface area (Å²) in [6, 6.07) is 7.06. The summed E-state index contributed by atoms with van der Waals surface area (Å²) < 4.78 is 48.4. The van der Waals surface area contributed by atoms with Gasteiger partial charge in [0.05, 0.1) is 19.3 Å². The van der Waals surface area contributed by atoms with E-state index in [-0.39, 0.29) is 12.0 Å². The predicted octanol–water partition coefficient (Wildman–Crippen LogP) is 2.94. The second-order valence-corrected chi connectivity index (χ2v) is 7.06. The first-order valence-electron chi connectivity index (χ1n) is 10.2. The van der Waals surface area contributed by atoms with E-state index in [1.54, 1.807) is 25.3 Å². The number of aryl methyl sites for hydroxylation is 1. The zero-order chi connectivity index (χ0) is 24.4. The Balaban J connectivity index is 0.000000479. The van der Waals surface area contributed by atoms with E-state index in [4.69, 9.17) is 23.9 Å². The van der Waals surface area contributed by atoms with Gasteiger partial charge >= 0.3 is 12.1 Å². The molecule has 182 valence electrons. The average molecular weight is 473 g/mol. The zero-order valence-corrected chi connectivity index (χ0v) is 18.2. The minimum absolute atomic E-state index is 0.130. The van der Waals surface area contributed by atoms with Crippen LogP contribution in [0.3, 0.4) is 0 Å². The van der Waals surface area contributed by atoms with Crippen molar-refractivity contribution in [1.82, 2.24) is 15.8 Å². The Morgan fingerprint density at radius 3 is 2.45 bits per heavy atom. The van der Waals surface area contributed by atoms with Gasteiger partial charge in [-0.2, -0.15) is 13.2 Å². The molecule has 1 fully saturated rings. The topological polar surface area (TPSA) is 123 Å². The van der Waals surface area contributed by atoms with Crippen LogP contribution in [0, 0.1) is 0 Å². The number of carboxylic acid groups (broad SMARTS) is 1. The van der Waals surface area contributed by atoms with Crippen molar-refractivity contribution in [3.05, 3.63) is 41.3 Å². The van der Waals surface area contributed by atoms with E-state index in [2.05, 4.69) is 15.8 Å². The van der Waals surface area contributed by atoms with Gasteiger partial charge in [0, 0.05) is 11.6 Å². The Morgan fingerprint density at radius 2 is 1.91 bits per heavy atom. The largest absolute Gasteiger partial charge is 0.493 e. The van der Waals surface area contributed by atoms with Gasteiger partial charge in [-0.1, -0.05) is 12.1 Å². The second-order valence-electron chi connectivity index (χ2n) is 7.06. The van der Waals surface area contributed by atoms with E-state index in [0.29, 0.717) is 29.4 Å². The van der Waals surface area contributed by atoms with Crippen LogP contribution in [0.2, 0.25) is 0 Å². The van der Waals surface area contributed by atoms with E-state index >= 15 is 0 Å². The van der Waals surface area contributed by atoms with Gasteiger partial charge in [-0.05, 0) is 50.6 Å². The highest BCUT2D eigenvalue weighted by Crippen LogP contribution is 2.30. The molecule has 1 aromatic heterocycles. The van der Waals surface area contributed by atoms with Crippen LogP contribution in [-0.2, 0) is 17.8 Å². The fourth-order valence-corrected chi connectivity index (χ4v) is 2.88. The van der Waals surface area contributed by atoms with Crippen LogP contribution in [-0.4, -0.2) is 54.6 Å². The fourth-order valence-electron chi connectivity index (χ4n) is 2.88. The number of carbonyl (C=O) groups excluding carboxylic acids is 1. The van der Waals surface area contributed by atoms with Gasteiger partial charge < -0.3 is 29.7 Å². The van der Waals surface area contributed by atoms with Gasteiger partial charge in [-0.3, -0.25) is 4.79 Å². The summed E-state index contributed by atoms with van der Waals surface area (Å²) in [6.07, 6.45) is -2.28. The maximum absolute atomic E-state index is 12.5. The highest BCUT2D eigenvalue weighted by molar-refractivity contribution is 5.94. The van der Waals surface area contributed by atoms with Crippen molar-refractivity contribution < 1.29 is 41.9 Å². The fraction of sp³-hybridized carbons (Fsp3) is 0.476. The Labute approximate surface area is 188 Å². The lowest BCUT2D eigenvalue weighted by Gasteiger charge is -2.24. The summed E-state index contributed by atoms with van der Waals surface area (Å²) in [5, 5.41) is 17.2. The van der Waals surface area contributed by atoms with Crippen LogP contribution in [0.5, 0.6) is 11.5 Å². The van der Waals surface area contributed by atoms with Crippen LogP contribution in [0.15, 0.2) is 28.8 Å². The number of aliphatic carboxylic acids is 1. The minimum Gasteiger partial charge on any atom is -0.493 e. The number of aromatic nitrogens is 1. The Bertz CT molecular complexity index is 926. The maximum Gasteiger partial charge on any atom is 0.490 e. The van der Waals surface area contributed by atoms with Gasteiger partial charge in [0.15, 0.2) is 17.3 Å². The number of carboxylic acids is 1. The number of ether oxygens (including phenoxy) is 2. The third kappa shape index (κ3) is 8.29. The number of benzene rings is 1. The van der Waals surface area contributed by atoms with Crippen molar-refractivity contribution in [1.29, 1.82) is 0 Å². The molecule has 12 heteroatoms. The zero-order valence-electron chi connectivity index (χ0n) is 18.2. The van der Waals surface area contributed by atoms with E-state index in [1.807, 2.05) is 13.0 Å². The van der Waals surface area contributed by atoms with Crippen molar-refractivity contribution >= 4 is 11.9 Å². The van der Waals surface area contributed by atoms with Crippen LogP contribution < -0.4 is 20.1 Å². The molecule has 0 bridgehead atoms. The third-order valence-corrected chi connectivity index (χ3v) is 4.64. The number of piperidine rings is 1. The van der Waals surface area contributed by atoms with E-state index < -0.39 is 12.1 Å². The molecule has 0 saturated carbocycles. The Morgan fingerprint density at radius 1 is 1.24 bits per heavy atom. The minimum atomic E-state index is -5.08. The lowest BCUT2D eigenvalue weighted by molar-refractivity contribution is -0.192. The number of alkyl halides is 3. The van der Waals surface area contributed by atoms with Gasteiger partial charge in [0.25, 0.3) is 5.91 Å². The van der Waals surface area contributed by atoms with Gasteiger partial charge in [-0.25, -0.2) is 4.79 Å². The Hall–Kier alpha value is -3.28. The predicted molar refractivity (Wildman–Crippen MR) is 110 cm³/mol. The van der Waals surface area contributed by atoms with Gasteiger partial charge in [0.2, 0.25) is 0 Å². The third-order valence-electron chi connectivity index (χ3n) is 4.64. The van der Waals surface area contributed by atoms with Crippen molar-refractivity contribution in [2.24, 2.45) is 0 Å². The summed E-state index contributed by atoms with van der Waals surface area (Å²) >= 11 is 0. The molecule has 2 aromatic rings. The molecule has 0 radical (unpaired) electrons. The summed E-state index contributed by atoms with van der Waals surface area (Å²) in [5.41, 5.74) is 1.39. The first-order chi connectivity index (χ1) is 15.6. The standard InChI is InChI=1S/C19H25N3O4.C2HF3O2/c1-3-14-11-16(26-22-14)12-21-19(23)13-4-5-17(24-2)18(10-13)25-15-6-8-20-9-7-15;3-2(4,5)1(6)7/h4-5,10-11,15,20H,3,6-9,12H2,1-2H3,(H,21,23);(H,6,7). The highest BCUT2D eigenvalue weighted by Gasteiger charge is 2.38. The molecular formula is C21H26F3N3O6. The molecule has 3 N–H and O–H groups in total. The monoisotopic (exact) mass is 473 g/mol. The SMILES string of the molecule is CCc1cc(CNC(=O)c2ccc(OC)c(OC3CCNCC3)c2)on1.O=C(O)C(F)(F)F. The number of nitrogens with zero attached hydrogens (tertiary/aromatic N) is 1. The first-order valence-corrected chi connectivity index (χ1v) is 10.2. The first kappa shape index (κ1) is 26.0. The molecule has 1 saturated heterocycles. The molecule has 1 aliphatic rings. The van der Waals surface area contributed by atoms with E-state index in [9.17, 15) is 18.0 Å². The number of halogens is 3. The maximum atomic E-state index is 12.5. The molecule has 1 amide bonds. The van der Waals surface area contributed by atoms with Crippen LogP contribution in [0.1, 0.15) is 41.6 Å². The summed E-state index contributed by atoms with van der Waals surface area (Å²) in [6.45, 7) is 4.16. The second kappa shape index (κ2) is 12.1. The number of hydrogen-bond acceptors (Lipinski definition) is 7. The van der Waals surface area contributed by atoms with Gasteiger partial charge in [-0.15, -0.1) is 0 Å². The molecule has 2 heterocycles. The van der Waals surface area contributed by atoms with Crippen LogP contribution in [0.25, 0.3) is 0 Å². The summed E-state index contributed by atoms with van der Waals surface area (Å²) in [5.74, 6) is -1.09. The quantitative estimate of drug-likeness (QED) is 0.561. The summed E-state index contributed by atoms with van der Waals surface area (Å²) in [4.78, 5) is 21.4. The molecule has 1 aliphatic heterocycles. The molecular weight excluding hydrogens is 447 g/mol. The number of methoxy groups -OCH3 is 1. The van der Waals surface area contributed by atoms with Gasteiger partial charge in [0.1, 0.15) is 6.10 Å². The number of rotatable bonds is 7. The average Bonchev–Trinajstić information content (AvgIpc) is 3.26. The molecule has 0 atom stereocenters. The molecule has 3 rings (SSSR count). The molecule has 9 nitrogen and oxygen atoms in total. The van der Waals surface area contributed by atoms with Crippen molar-refractivity contribution in [2.75, 3.05) is 20.2 Å². The lowest BCUT2D eigenvalue weighted by atomic mass is 10.1. The summed E-state index contributed by atoms with van der Waals surface area (Å²) in [7, 11) is 1.60. The Kier molecular flexibility index (Phi) is 9.52. The van der Waals surface area contributed by atoms with Crippen molar-refractivity contribution in [3.8, 4) is 11.5 Å². The number of carbonyl (C=O) groups is 2. The van der Waals surface area contributed by atoms with E-state index in [0.717, 1.165) is 38.0 Å². The number of amides is 1. The number of hydrogen-bond donors (Lipinski definition) is 3. The molecule has 0 aliphatic carbocycles. The number of nitrogens with one attached hydrogen (secondary N) is 2. The van der Waals surface area contributed by atoms with E-state index in [1.165, 1.54) is 0 Å².